The lowest BCUT2D eigenvalue weighted by molar-refractivity contribution is 0.158. The minimum atomic E-state index is 0.0785. The standard InChI is InChI=1S/C12H25N/c1-4-10(2)12(3,13)11-8-6-5-7-9-11/h10-11H,4-9,13H2,1-3H3. The van der Waals surface area contributed by atoms with Crippen LogP contribution in [0, 0.1) is 11.8 Å². The van der Waals surface area contributed by atoms with Crippen LogP contribution in [0.15, 0.2) is 0 Å². The summed E-state index contributed by atoms with van der Waals surface area (Å²) < 4.78 is 0. The molecule has 1 nitrogen and oxygen atoms in total. The van der Waals surface area contributed by atoms with Crippen molar-refractivity contribution in [2.24, 2.45) is 17.6 Å². The van der Waals surface area contributed by atoms with Crippen molar-refractivity contribution >= 4 is 0 Å². The highest BCUT2D eigenvalue weighted by molar-refractivity contribution is 4.92. The molecule has 1 aliphatic rings. The monoisotopic (exact) mass is 183 g/mol. The Morgan fingerprint density at radius 3 is 2.31 bits per heavy atom. The van der Waals surface area contributed by atoms with Crippen LogP contribution >= 0.6 is 0 Å². The largest absolute Gasteiger partial charge is 0.325 e. The lowest BCUT2D eigenvalue weighted by atomic mass is 9.69. The number of hydrogen-bond donors (Lipinski definition) is 1. The number of rotatable bonds is 3. The molecule has 0 heterocycles. The fraction of sp³-hybridized carbons (Fsp3) is 1.00. The molecule has 1 aliphatic carbocycles. The lowest BCUT2D eigenvalue weighted by Crippen LogP contribution is -2.50. The molecule has 2 N–H and O–H groups in total. The van der Waals surface area contributed by atoms with E-state index in [1.165, 1.54) is 38.5 Å². The molecule has 0 bridgehead atoms. The highest BCUT2D eigenvalue weighted by atomic mass is 14.8. The van der Waals surface area contributed by atoms with Crippen LogP contribution in [0.25, 0.3) is 0 Å². The molecule has 0 aromatic rings. The first-order valence-corrected chi connectivity index (χ1v) is 5.88. The average molecular weight is 183 g/mol. The van der Waals surface area contributed by atoms with Gasteiger partial charge in [0.15, 0.2) is 0 Å². The molecule has 0 aromatic carbocycles. The van der Waals surface area contributed by atoms with Gasteiger partial charge in [0.1, 0.15) is 0 Å². The molecule has 0 spiro atoms. The summed E-state index contributed by atoms with van der Waals surface area (Å²) >= 11 is 0. The fourth-order valence-corrected chi connectivity index (χ4v) is 2.57. The second kappa shape index (κ2) is 4.45. The van der Waals surface area contributed by atoms with Crippen molar-refractivity contribution < 1.29 is 0 Å². The lowest BCUT2D eigenvalue weighted by Gasteiger charge is -2.41. The second-order valence-electron chi connectivity index (χ2n) is 5.01. The van der Waals surface area contributed by atoms with Crippen molar-refractivity contribution in [1.82, 2.24) is 0 Å². The first kappa shape index (κ1) is 11.0. The minimum absolute atomic E-state index is 0.0785. The molecule has 0 radical (unpaired) electrons. The van der Waals surface area contributed by atoms with Gasteiger partial charge < -0.3 is 5.73 Å². The highest BCUT2D eigenvalue weighted by Gasteiger charge is 2.34. The molecule has 0 aliphatic heterocycles. The van der Waals surface area contributed by atoms with Gasteiger partial charge in [0.25, 0.3) is 0 Å². The van der Waals surface area contributed by atoms with E-state index in [2.05, 4.69) is 20.8 Å². The molecule has 2 atom stereocenters. The van der Waals surface area contributed by atoms with Gasteiger partial charge in [-0.1, -0.05) is 39.5 Å². The van der Waals surface area contributed by atoms with E-state index in [4.69, 9.17) is 5.73 Å². The Hall–Kier alpha value is -0.0400. The van der Waals surface area contributed by atoms with Crippen LogP contribution in [0.2, 0.25) is 0 Å². The summed E-state index contributed by atoms with van der Waals surface area (Å²) in [6, 6.07) is 0. The van der Waals surface area contributed by atoms with Gasteiger partial charge in [-0.25, -0.2) is 0 Å². The Morgan fingerprint density at radius 2 is 1.85 bits per heavy atom. The Kier molecular flexibility index (Phi) is 3.78. The van der Waals surface area contributed by atoms with E-state index in [1.807, 2.05) is 0 Å². The predicted molar refractivity (Wildman–Crippen MR) is 58.6 cm³/mol. The first-order valence-electron chi connectivity index (χ1n) is 5.88. The first-order chi connectivity index (χ1) is 6.09. The molecule has 0 aromatic heterocycles. The summed E-state index contributed by atoms with van der Waals surface area (Å²) in [7, 11) is 0. The van der Waals surface area contributed by atoms with Crippen LogP contribution in [0.5, 0.6) is 0 Å². The van der Waals surface area contributed by atoms with Crippen LogP contribution in [0.1, 0.15) is 59.3 Å². The summed E-state index contributed by atoms with van der Waals surface area (Å²) in [6.45, 7) is 6.81. The van der Waals surface area contributed by atoms with Gasteiger partial charge in [-0.3, -0.25) is 0 Å². The predicted octanol–water partition coefficient (Wildman–Crippen LogP) is 3.33. The molecular formula is C12H25N. The Balaban J connectivity index is 2.55. The summed E-state index contributed by atoms with van der Waals surface area (Å²) in [5.41, 5.74) is 6.52. The quantitative estimate of drug-likeness (QED) is 0.713. The van der Waals surface area contributed by atoms with Crippen molar-refractivity contribution in [1.29, 1.82) is 0 Å². The molecule has 13 heavy (non-hydrogen) atoms. The van der Waals surface area contributed by atoms with Gasteiger partial charge in [0.2, 0.25) is 0 Å². The second-order valence-corrected chi connectivity index (χ2v) is 5.01. The molecule has 0 saturated heterocycles. The van der Waals surface area contributed by atoms with Gasteiger partial charge >= 0.3 is 0 Å². The zero-order valence-electron chi connectivity index (χ0n) is 9.47. The van der Waals surface area contributed by atoms with Gasteiger partial charge in [-0.15, -0.1) is 0 Å². The molecular weight excluding hydrogens is 158 g/mol. The van der Waals surface area contributed by atoms with Crippen LogP contribution in [-0.4, -0.2) is 5.54 Å². The highest BCUT2D eigenvalue weighted by Crippen LogP contribution is 2.36. The van der Waals surface area contributed by atoms with Gasteiger partial charge in [0.05, 0.1) is 0 Å². The SMILES string of the molecule is CCC(C)C(C)(N)C1CCCCC1. The minimum Gasteiger partial charge on any atom is -0.325 e. The summed E-state index contributed by atoms with van der Waals surface area (Å²) in [4.78, 5) is 0. The zero-order chi connectivity index (χ0) is 9.90. The summed E-state index contributed by atoms with van der Waals surface area (Å²) in [5, 5.41) is 0. The molecule has 1 rings (SSSR count). The van der Waals surface area contributed by atoms with Crippen LogP contribution < -0.4 is 5.73 Å². The van der Waals surface area contributed by atoms with Gasteiger partial charge in [-0.05, 0) is 31.6 Å². The van der Waals surface area contributed by atoms with E-state index in [0.29, 0.717) is 5.92 Å². The van der Waals surface area contributed by atoms with E-state index in [-0.39, 0.29) is 5.54 Å². The molecule has 2 unspecified atom stereocenters. The van der Waals surface area contributed by atoms with Crippen molar-refractivity contribution in [3.8, 4) is 0 Å². The summed E-state index contributed by atoms with van der Waals surface area (Å²) in [6.07, 6.45) is 8.15. The summed E-state index contributed by atoms with van der Waals surface area (Å²) in [5.74, 6) is 1.44. The Morgan fingerprint density at radius 1 is 1.31 bits per heavy atom. The number of nitrogens with two attached hydrogens (primary N) is 1. The molecule has 1 fully saturated rings. The van der Waals surface area contributed by atoms with E-state index in [9.17, 15) is 0 Å². The Bertz CT molecular complexity index is 145. The van der Waals surface area contributed by atoms with Crippen LogP contribution in [-0.2, 0) is 0 Å². The third kappa shape index (κ3) is 2.46. The van der Waals surface area contributed by atoms with Crippen molar-refractivity contribution in [3.63, 3.8) is 0 Å². The van der Waals surface area contributed by atoms with Crippen molar-refractivity contribution in [3.05, 3.63) is 0 Å². The maximum atomic E-state index is 6.45. The molecule has 78 valence electrons. The van der Waals surface area contributed by atoms with Crippen molar-refractivity contribution in [2.75, 3.05) is 0 Å². The molecule has 1 heteroatoms. The van der Waals surface area contributed by atoms with Gasteiger partial charge in [0, 0.05) is 5.54 Å². The maximum absolute atomic E-state index is 6.45. The Labute approximate surface area is 83.1 Å². The smallest absolute Gasteiger partial charge is 0.0180 e. The van der Waals surface area contributed by atoms with Gasteiger partial charge in [-0.2, -0.15) is 0 Å². The molecule has 1 saturated carbocycles. The maximum Gasteiger partial charge on any atom is 0.0180 e. The third-order valence-electron chi connectivity index (χ3n) is 4.16. The van der Waals surface area contributed by atoms with E-state index in [1.54, 1.807) is 0 Å². The topological polar surface area (TPSA) is 26.0 Å². The van der Waals surface area contributed by atoms with Crippen molar-refractivity contribution in [2.45, 2.75) is 64.8 Å². The normalized spacial score (nSPS) is 26.8. The average Bonchev–Trinajstić information content (AvgIpc) is 2.18. The molecule has 0 amide bonds. The van der Waals surface area contributed by atoms with Crippen LogP contribution in [0.4, 0.5) is 0 Å². The fourth-order valence-electron chi connectivity index (χ4n) is 2.57. The van der Waals surface area contributed by atoms with E-state index >= 15 is 0 Å². The van der Waals surface area contributed by atoms with E-state index < -0.39 is 0 Å². The van der Waals surface area contributed by atoms with Crippen LogP contribution in [0.3, 0.4) is 0 Å². The van der Waals surface area contributed by atoms with E-state index in [0.717, 1.165) is 5.92 Å². The zero-order valence-corrected chi connectivity index (χ0v) is 9.47. The third-order valence-corrected chi connectivity index (χ3v) is 4.16. The number of hydrogen-bond acceptors (Lipinski definition) is 1.